The number of hydrogen-bond donors (Lipinski definition) is 1. The van der Waals surface area contributed by atoms with Gasteiger partial charge in [-0.25, -0.2) is 0 Å². The first kappa shape index (κ1) is 13.2. The van der Waals surface area contributed by atoms with Crippen molar-refractivity contribution in [3.8, 4) is 0 Å². The summed E-state index contributed by atoms with van der Waals surface area (Å²) in [6.45, 7) is 14.9. The summed E-state index contributed by atoms with van der Waals surface area (Å²) >= 11 is 0. The van der Waals surface area contributed by atoms with E-state index in [4.69, 9.17) is 4.52 Å². The van der Waals surface area contributed by atoms with Crippen LogP contribution in [-0.4, -0.2) is 11.7 Å². The van der Waals surface area contributed by atoms with Crippen LogP contribution in [0.15, 0.2) is 4.52 Å². The Morgan fingerprint density at radius 3 is 2.38 bits per heavy atom. The normalized spacial score (nSPS) is 12.4. The third-order valence-electron chi connectivity index (χ3n) is 3.63. The highest BCUT2D eigenvalue weighted by molar-refractivity contribution is 5.20. The zero-order chi connectivity index (χ0) is 12.3. The fourth-order valence-electron chi connectivity index (χ4n) is 1.47. The van der Waals surface area contributed by atoms with Crippen molar-refractivity contribution in [2.45, 2.75) is 48.1 Å². The third kappa shape index (κ3) is 3.08. The maximum Gasteiger partial charge on any atom is 0.138 e. The Balaban J connectivity index is 2.48. The van der Waals surface area contributed by atoms with Gasteiger partial charge in [0, 0.05) is 18.7 Å². The first-order valence-electron chi connectivity index (χ1n) is 5.97. The predicted molar refractivity (Wildman–Crippen MR) is 66.3 cm³/mol. The van der Waals surface area contributed by atoms with Crippen molar-refractivity contribution in [2.24, 2.45) is 11.3 Å². The Bertz CT molecular complexity index is 320. The van der Waals surface area contributed by atoms with Gasteiger partial charge in [-0.05, 0) is 25.2 Å². The SMILES string of the molecule is Cc1noc(C)c1CNCC(C)(C)C(C)C. The summed E-state index contributed by atoms with van der Waals surface area (Å²) in [7, 11) is 0. The Kier molecular flexibility index (Phi) is 4.14. The molecule has 0 aliphatic heterocycles. The zero-order valence-corrected chi connectivity index (χ0v) is 11.3. The first-order valence-corrected chi connectivity index (χ1v) is 5.97. The van der Waals surface area contributed by atoms with E-state index in [-0.39, 0.29) is 0 Å². The summed E-state index contributed by atoms with van der Waals surface area (Å²) in [4.78, 5) is 0. The van der Waals surface area contributed by atoms with Crippen LogP contribution in [0.1, 0.15) is 44.7 Å². The van der Waals surface area contributed by atoms with Gasteiger partial charge in [0.1, 0.15) is 5.76 Å². The van der Waals surface area contributed by atoms with Crippen molar-refractivity contribution in [1.82, 2.24) is 10.5 Å². The van der Waals surface area contributed by atoms with Gasteiger partial charge in [-0.3, -0.25) is 0 Å². The molecule has 0 atom stereocenters. The van der Waals surface area contributed by atoms with E-state index in [1.807, 2.05) is 13.8 Å². The van der Waals surface area contributed by atoms with Crippen LogP contribution in [0, 0.1) is 25.2 Å². The van der Waals surface area contributed by atoms with Crippen LogP contribution in [-0.2, 0) is 6.54 Å². The molecule has 0 saturated carbocycles. The highest BCUT2D eigenvalue weighted by atomic mass is 16.5. The van der Waals surface area contributed by atoms with Crippen LogP contribution in [0.5, 0.6) is 0 Å². The molecule has 0 aliphatic rings. The lowest BCUT2D eigenvalue weighted by atomic mass is 9.81. The maximum absolute atomic E-state index is 5.14. The van der Waals surface area contributed by atoms with E-state index in [0.29, 0.717) is 11.3 Å². The van der Waals surface area contributed by atoms with Gasteiger partial charge in [-0.2, -0.15) is 0 Å². The second kappa shape index (κ2) is 5.00. The molecule has 0 saturated heterocycles. The van der Waals surface area contributed by atoms with Gasteiger partial charge in [0.15, 0.2) is 0 Å². The molecule has 1 N–H and O–H groups in total. The van der Waals surface area contributed by atoms with Crippen LogP contribution < -0.4 is 5.32 Å². The van der Waals surface area contributed by atoms with Crippen molar-refractivity contribution < 1.29 is 4.52 Å². The van der Waals surface area contributed by atoms with Gasteiger partial charge in [0.05, 0.1) is 5.69 Å². The molecule has 1 aromatic heterocycles. The van der Waals surface area contributed by atoms with E-state index in [1.165, 1.54) is 5.56 Å². The van der Waals surface area contributed by atoms with Crippen LogP contribution >= 0.6 is 0 Å². The number of aromatic nitrogens is 1. The van der Waals surface area contributed by atoms with Gasteiger partial charge < -0.3 is 9.84 Å². The van der Waals surface area contributed by atoms with Crippen molar-refractivity contribution >= 4 is 0 Å². The topological polar surface area (TPSA) is 38.1 Å². The standard InChI is InChI=1S/C13H24N2O/c1-9(2)13(5,6)8-14-7-12-10(3)15-16-11(12)4/h9,14H,7-8H2,1-6H3. The fourth-order valence-corrected chi connectivity index (χ4v) is 1.47. The summed E-state index contributed by atoms with van der Waals surface area (Å²) in [5.74, 6) is 1.59. The van der Waals surface area contributed by atoms with Gasteiger partial charge in [-0.15, -0.1) is 0 Å². The summed E-state index contributed by atoms with van der Waals surface area (Å²) in [5.41, 5.74) is 2.51. The summed E-state index contributed by atoms with van der Waals surface area (Å²) in [6.07, 6.45) is 0. The molecule has 3 heteroatoms. The zero-order valence-electron chi connectivity index (χ0n) is 11.3. The second-order valence-electron chi connectivity index (χ2n) is 5.55. The van der Waals surface area contributed by atoms with Crippen molar-refractivity contribution in [3.05, 3.63) is 17.0 Å². The first-order chi connectivity index (χ1) is 7.34. The Hall–Kier alpha value is -0.830. The molecule has 92 valence electrons. The molecule has 1 aromatic rings. The largest absolute Gasteiger partial charge is 0.361 e. The minimum Gasteiger partial charge on any atom is -0.361 e. The molecule has 1 rings (SSSR count). The lowest BCUT2D eigenvalue weighted by Crippen LogP contribution is -2.33. The summed E-state index contributed by atoms with van der Waals surface area (Å²) in [5, 5.41) is 7.44. The molecule has 0 aromatic carbocycles. The molecule has 0 unspecified atom stereocenters. The Morgan fingerprint density at radius 2 is 1.94 bits per heavy atom. The maximum atomic E-state index is 5.14. The lowest BCUT2D eigenvalue weighted by molar-refractivity contribution is 0.237. The van der Waals surface area contributed by atoms with Gasteiger partial charge in [0.25, 0.3) is 0 Å². The lowest BCUT2D eigenvalue weighted by Gasteiger charge is -2.29. The quantitative estimate of drug-likeness (QED) is 0.835. The van der Waals surface area contributed by atoms with E-state index >= 15 is 0 Å². The van der Waals surface area contributed by atoms with Crippen LogP contribution in [0.4, 0.5) is 0 Å². The highest BCUT2D eigenvalue weighted by Crippen LogP contribution is 2.25. The average Bonchev–Trinajstić information content (AvgIpc) is 2.48. The monoisotopic (exact) mass is 224 g/mol. The van der Waals surface area contributed by atoms with E-state index < -0.39 is 0 Å². The number of nitrogens with zero attached hydrogens (tertiary/aromatic N) is 1. The molecular weight excluding hydrogens is 200 g/mol. The molecule has 0 bridgehead atoms. The van der Waals surface area contributed by atoms with E-state index in [2.05, 4.69) is 38.2 Å². The second-order valence-corrected chi connectivity index (χ2v) is 5.55. The highest BCUT2D eigenvalue weighted by Gasteiger charge is 2.21. The van der Waals surface area contributed by atoms with Crippen molar-refractivity contribution in [3.63, 3.8) is 0 Å². The smallest absolute Gasteiger partial charge is 0.138 e. The molecule has 0 amide bonds. The Morgan fingerprint density at radius 1 is 1.31 bits per heavy atom. The van der Waals surface area contributed by atoms with E-state index in [1.54, 1.807) is 0 Å². The van der Waals surface area contributed by atoms with Crippen molar-refractivity contribution in [1.29, 1.82) is 0 Å². The Labute approximate surface area is 98.6 Å². The van der Waals surface area contributed by atoms with Gasteiger partial charge >= 0.3 is 0 Å². The molecular formula is C13H24N2O. The van der Waals surface area contributed by atoms with Crippen LogP contribution in [0.3, 0.4) is 0 Å². The molecule has 16 heavy (non-hydrogen) atoms. The molecule has 0 radical (unpaired) electrons. The summed E-state index contributed by atoms with van der Waals surface area (Å²) in [6, 6.07) is 0. The predicted octanol–water partition coefficient (Wildman–Crippen LogP) is 3.06. The fraction of sp³-hybridized carbons (Fsp3) is 0.769. The van der Waals surface area contributed by atoms with E-state index in [9.17, 15) is 0 Å². The molecule has 0 fully saturated rings. The summed E-state index contributed by atoms with van der Waals surface area (Å²) < 4.78 is 5.14. The number of hydrogen-bond acceptors (Lipinski definition) is 3. The molecule has 1 heterocycles. The molecule has 0 spiro atoms. The average molecular weight is 224 g/mol. The van der Waals surface area contributed by atoms with Gasteiger partial charge in [0.2, 0.25) is 0 Å². The van der Waals surface area contributed by atoms with Crippen LogP contribution in [0.2, 0.25) is 0 Å². The third-order valence-corrected chi connectivity index (χ3v) is 3.63. The van der Waals surface area contributed by atoms with Crippen molar-refractivity contribution in [2.75, 3.05) is 6.54 Å². The van der Waals surface area contributed by atoms with E-state index in [0.717, 1.165) is 24.5 Å². The molecule has 0 aliphatic carbocycles. The van der Waals surface area contributed by atoms with Gasteiger partial charge in [-0.1, -0.05) is 32.9 Å². The minimum atomic E-state index is 0.318. The minimum absolute atomic E-state index is 0.318. The molecule has 3 nitrogen and oxygen atoms in total. The number of rotatable bonds is 5. The number of nitrogens with one attached hydrogen (secondary N) is 1. The number of aryl methyl sites for hydroxylation is 2. The van der Waals surface area contributed by atoms with Crippen LogP contribution in [0.25, 0.3) is 0 Å².